The van der Waals surface area contributed by atoms with Crippen molar-refractivity contribution < 1.29 is 4.74 Å². The minimum atomic E-state index is 0.418. The topological polar surface area (TPSA) is 41.7 Å². The number of nitrogens with zero attached hydrogens (tertiary/aromatic N) is 2. The van der Waals surface area contributed by atoms with Gasteiger partial charge in [0.2, 0.25) is 0 Å². The minimum absolute atomic E-state index is 0.418. The summed E-state index contributed by atoms with van der Waals surface area (Å²) in [6, 6.07) is 8.83. The highest BCUT2D eigenvalue weighted by Gasteiger charge is 2.25. The fourth-order valence-corrected chi connectivity index (χ4v) is 2.84. The maximum absolute atomic E-state index is 5.80. The van der Waals surface area contributed by atoms with E-state index in [0.717, 1.165) is 30.9 Å². The van der Waals surface area contributed by atoms with Gasteiger partial charge in [0.1, 0.15) is 17.3 Å². The summed E-state index contributed by atoms with van der Waals surface area (Å²) in [5, 5.41) is 0. The summed E-state index contributed by atoms with van der Waals surface area (Å²) in [6.07, 6.45) is 0. The second kappa shape index (κ2) is 7.20. The number of hydrogen-bond acceptors (Lipinski definition) is 4. The summed E-state index contributed by atoms with van der Waals surface area (Å²) in [5.74, 6) is 0.866. The highest BCUT2D eigenvalue weighted by atomic mass is 32.1. The molecule has 5 heteroatoms. The van der Waals surface area contributed by atoms with Gasteiger partial charge in [-0.3, -0.25) is 9.80 Å². The van der Waals surface area contributed by atoms with Gasteiger partial charge in [0.05, 0.1) is 0 Å². The Balaban J connectivity index is 1.78. The molecule has 2 N–H and O–H groups in total. The van der Waals surface area contributed by atoms with Crippen LogP contribution in [0.25, 0.3) is 0 Å². The van der Waals surface area contributed by atoms with Gasteiger partial charge >= 0.3 is 0 Å². The molecule has 0 bridgehead atoms. The molecule has 0 amide bonds. The van der Waals surface area contributed by atoms with E-state index in [9.17, 15) is 0 Å². The lowest BCUT2D eigenvalue weighted by Gasteiger charge is -2.42. The first-order chi connectivity index (χ1) is 9.97. The van der Waals surface area contributed by atoms with Gasteiger partial charge in [-0.2, -0.15) is 0 Å². The first kappa shape index (κ1) is 16.2. The molecular weight excluding hydrogens is 282 g/mol. The fraction of sp³-hybridized carbons (Fsp3) is 0.562. The Hall–Kier alpha value is -1.17. The third-order valence-electron chi connectivity index (χ3n) is 4.25. The summed E-state index contributed by atoms with van der Waals surface area (Å²) in [6.45, 7) is 8.42. The zero-order valence-electron chi connectivity index (χ0n) is 13.1. The molecule has 0 radical (unpaired) electrons. The van der Waals surface area contributed by atoms with Crippen LogP contribution in [-0.2, 0) is 0 Å². The Morgan fingerprint density at radius 1 is 1.24 bits per heavy atom. The van der Waals surface area contributed by atoms with E-state index in [-0.39, 0.29) is 0 Å². The van der Waals surface area contributed by atoms with E-state index in [2.05, 4.69) is 30.7 Å². The maximum atomic E-state index is 5.80. The molecule has 0 aromatic heterocycles. The monoisotopic (exact) mass is 307 g/mol. The average molecular weight is 307 g/mol. The first-order valence-electron chi connectivity index (χ1n) is 7.44. The highest BCUT2D eigenvalue weighted by Crippen LogP contribution is 2.14. The Kier molecular flexibility index (Phi) is 5.56. The van der Waals surface area contributed by atoms with Crippen LogP contribution in [0.2, 0.25) is 0 Å². The van der Waals surface area contributed by atoms with Crippen molar-refractivity contribution in [2.75, 3.05) is 33.3 Å². The van der Waals surface area contributed by atoms with Crippen molar-refractivity contribution in [2.24, 2.45) is 5.73 Å². The standard InChI is InChI=1S/C16H25N3OS/c1-12-10-19(11-13(2)18(12)3)8-9-20-15-6-4-14(5-7-15)16(17)21/h4-7,12-13H,8-11H2,1-3H3,(H2,17,21). The third-order valence-corrected chi connectivity index (χ3v) is 4.49. The van der Waals surface area contributed by atoms with Crippen LogP contribution in [0.15, 0.2) is 24.3 Å². The lowest BCUT2D eigenvalue weighted by Crippen LogP contribution is -2.55. The fourth-order valence-electron chi connectivity index (χ4n) is 2.70. The summed E-state index contributed by atoms with van der Waals surface area (Å²) >= 11 is 4.94. The molecule has 1 fully saturated rings. The van der Waals surface area contributed by atoms with E-state index < -0.39 is 0 Å². The smallest absolute Gasteiger partial charge is 0.119 e. The number of likely N-dealkylation sites (N-methyl/N-ethyl adjacent to an activating group) is 1. The molecule has 0 saturated carbocycles. The molecule has 1 saturated heterocycles. The van der Waals surface area contributed by atoms with Crippen LogP contribution in [-0.4, -0.2) is 60.2 Å². The van der Waals surface area contributed by atoms with Gasteiger partial charge in [0, 0.05) is 37.3 Å². The van der Waals surface area contributed by atoms with Crippen LogP contribution in [0.4, 0.5) is 0 Å². The zero-order valence-corrected chi connectivity index (χ0v) is 13.9. The van der Waals surface area contributed by atoms with Crippen molar-refractivity contribution in [3.63, 3.8) is 0 Å². The molecule has 116 valence electrons. The number of thiocarbonyl (C=S) groups is 1. The lowest BCUT2D eigenvalue weighted by atomic mass is 10.1. The van der Waals surface area contributed by atoms with Crippen LogP contribution in [0, 0.1) is 0 Å². The summed E-state index contributed by atoms with van der Waals surface area (Å²) in [4.78, 5) is 5.33. The number of hydrogen-bond donors (Lipinski definition) is 1. The van der Waals surface area contributed by atoms with E-state index in [1.165, 1.54) is 0 Å². The largest absolute Gasteiger partial charge is 0.492 e. The van der Waals surface area contributed by atoms with E-state index in [4.69, 9.17) is 22.7 Å². The van der Waals surface area contributed by atoms with E-state index in [1.807, 2.05) is 24.3 Å². The van der Waals surface area contributed by atoms with Crippen molar-refractivity contribution in [1.82, 2.24) is 9.80 Å². The number of nitrogens with two attached hydrogens (primary N) is 1. The molecule has 1 aliphatic heterocycles. The van der Waals surface area contributed by atoms with Gasteiger partial charge in [-0.15, -0.1) is 0 Å². The van der Waals surface area contributed by atoms with Crippen LogP contribution < -0.4 is 10.5 Å². The Bertz CT molecular complexity index is 465. The van der Waals surface area contributed by atoms with Gasteiger partial charge in [-0.25, -0.2) is 0 Å². The second-order valence-corrected chi connectivity index (χ2v) is 6.30. The zero-order chi connectivity index (χ0) is 15.4. The SMILES string of the molecule is CC1CN(CCOc2ccc(C(N)=S)cc2)CC(C)N1C. The molecule has 21 heavy (non-hydrogen) atoms. The summed E-state index contributed by atoms with van der Waals surface area (Å²) in [5.41, 5.74) is 6.45. The normalized spacial score (nSPS) is 24.0. The number of piperazine rings is 1. The Morgan fingerprint density at radius 3 is 2.33 bits per heavy atom. The molecule has 2 unspecified atom stereocenters. The highest BCUT2D eigenvalue weighted by molar-refractivity contribution is 7.80. The number of benzene rings is 1. The molecular formula is C16H25N3OS. The molecule has 1 heterocycles. The van der Waals surface area contributed by atoms with Crippen LogP contribution in [0.5, 0.6) is 5.75 Å². The van der Waals surface area contributed by atoms with Crippen LogP contribution >= 0.6 is 12.2 Å². The van der Waals surface area contributed by atoms with Crippen LogP contribution in [0.3, 0.4) is 0 Å². The minimum Gasteiger partial charge on any atom is -0.492 e. The third kappa shape index (κ3) is 4.40. The molecule has 1 aliphatic rings. The predicted octanol–water partition coefficient (Wildman–Crippen LogP) is 1.72. The summed E-state index contributed by atoms with van der Waals surface area (Å²) < 4.78 is 5.80. The van der Waals surface area contributed by atoms with Crippen molar-refractivity contribution in [3.8, 4) is 5.75 Å². The lowest BCUT2D eigenvalue weighted by molar-refractivity contribution is 0.0522. The van der Waals surface area contributed by atoms with Crippen molar-refractivity contribution in [1.29, 1.82) is 0 Å². The van der Waals surface area contributed by atoms with Crippen molar-refractivity contribution in [3.05, 3.63) is 29.8 Å². The number of rotatable bonds is 5. The predicted molar refractivity (Wildman–Crippen MR) is 91.0 cm³/mol. The van der Waals surface area contributed by atoms with Crippen LogP contribution in [0.1, 0.15) is 19.4 Å². The Morgan fingerprint density at radius 2 is 1.81 bits per heavy atom. The quantitative estimate of drug-likeness (QED) is 0.839. The maximum Gasteiger partial charge on any atom is 0.119 e. The van der Waals surface area contributed by atoms with Gasteiger partial charge < -0.3 is 10.5 Å². The van der Waals surface area contributed by atoms with Gasteiger partial charge in [-0.05, 0) is 45.2 Å². The molecule has 1 aromatic rings. The van der Waals surface area contributed by atoms with E-state index >= 15 is 0 Å². The molecule has 0 spiro atoms. The van der Waals surface area contributed by atoms with Gasteiger partial charge in [0.25, 0.3) is 0 Å². The molecule has 0 aliphatic carbocycles. The van der Waals surface area contributed by atoms with Gasteiger partial charge in [0.15, 0.2) is 0 Å². The molecule has 2 atom stereocenters. The van der Waals surface area contributed by atoms with Crippen molar-refractivity contribution >= 4 is 17.2 Å². The van der Waals surface area contributed by atoms with Crippen molar-refractivity contribution in [2.45, 2.75) is 25.9 Å². The van der Waals surface area contributed by atoms with E-state index in [1.54, 1.807) is 0 Å². The Labute approximate surface area is 132 Å². The molecule has 2 rings (SSSR count). The molecule has 1 aromatic carbocycles. The number of ether oxygens (including phenoxy) is 1. The van der Waals surface area contributed by atoms with E-state index in [0.29, 0.717) is 23.7 Å². The average Bonchev–Trinajstić information content (AvgIpc) is 2.45. The van der Waals surface area contributed by atoms with Gasteiger partial charge in [-0.1, -0.05) is 12.2 Å². The first-order valence-corrected chi connectivity index (χ1v) is 7.85. The second-order valence-electron chi connectivity index (χ2n) is 5.86. The molecule has 4 nitrogen and oxygen atoms in total. The summed E-state index contributed by atoms with van der Waals surface area (Å²) in [7, 11) is 2.20.